The first-order valence-corrected chi connectivity index (χ1v) is 8.82. The maximum Gasteiger partial charge on any atom is 0.326 e. The molecule has 0 aromatic heterocycles. The number of carboxylic acid groups (broad SMARTS) is 1. The zero-order valence-electron chi connectivity index (χ0n) is 15.0. The van der Waals surface area contributed by atoms with E-state index >= 15 is 0 Å². The summed E-state index contributed by atoms with van der Waals surface area (Å²) in [6, 6.07) is 3.26. The first-order valence-electron chi connectivity index (χ1n) is 8.82. The van der Waals surface area contributed by atoms with Crippen LogP contribution in [-0.4, -0.2) is 40.8 Å². The molecule has 1 aliphatic rings. The fraction of sp³-hybridized carbons (Fsp3) is 0.474. The second kappa shape index (κ2) is 9.25. The maximum atomic E-state index is 13.0. The average molecular weight is 378 g/mol. The molecule has 1 aliphatic carbocycles. The van der Waals surface area contributed by atoms with Gasteiger partial charge in [0.2, 0.25) is 11.8 Å². The number of rotatable bonds is 7. The van der Waals surface area contributed by atoms with Crippen molar-refractivity contribution in [3.8, 4) is 0 Å². The lowest BCUT2D eigenvalue weighted by Crippen LogP contribution is -2.54. The van der Waals surface area contributed by atoms with Crippen molar-refractivity contribution in [2.24, 2.45) is 5.92 Å². The van der Waals surface area contributed by atoms with Gasteiger partial charge in [-0.3, -0.25) is 14.4 Å². The third kappa shape index (κ3) is 6.16. The van der Waals surface area contributed by atoms with Crippen LogP contribution >= 0.6 is 0 Å². The molecular weight excluding hydrogens is 355 g/mol. The second-order valence-corrected chi connectivity index (χ2v) is 6.80. The van der Waals surface area contributed by atoms with Crippen LogP contribution in [0, 0.1) is 11.7 Å². The number of hydrogen-bond acceptors (Lipinski definition) is 4. The van der Waals surface area contributed by atoms with Crippen LogP contribution in [0.4, 0.5) is 4.39 Å². The molecule has 1 saturated carbocycles. The van der Waals surface area contributed by atoms with E-state index in [-0.39, 0.29) is 18.6 Å². The van der Waals surface area contributed by atoms with Gasteiger partial charge in [0.1, 0.15) is 23.7 Å². The third-order valence-corrected chi connectivity index (χ3v) is 4.60. The van der Waals surface area contributed by atoms with Gasteiger partial charge in [-0.2, -0.15) is 0 Å². The van der Waals surface area contributed by atoms with E-state index in [1.54, 1.807) is 0 Å². The van der Waals surface area contributed by atoms with Crippen molar-refractivity contribution in [2.75, 3.05) is 0 Å². The Morgan fingerprint density at radius 2 is 1.89 bits per heavy atom. The van der Waals surface area contributed by atoms with Crippen LogP contribution in [0.2, 0.25) is 0 Å². The Kier molecular flexibility index (Phi) is 7.04. The molecule has 2 rings (SSSR count). The fourth-order valence-electron chi connectivity index (χ4n) is 3.29. The second-order valence-electron chi connectivity index (χ2n) is 6.80. The summed E-state index contributed by atoms with van der Waals surface area (Å²) in [5, 5.41) is 14.4. The van der Waals surface area contributed by atoms with Gasteiger partial charge >= 0.3 is 5.97 Å². The molecule has 1 aromatic rings. The predicted molar refractivity (Wildman–Crippen MR) is 94.2 cm³/mol. The Morgan fingerprint density at radius 3 is 2.44 bits per heavy atom. The van der Waals surface area contributed by atoms with Gasteiger partial charge in [-0.25, -0.2) is 9.18 Å². The molecule has 2 amide bonds. The van der Waals surface area contributed by atoms with E-state index in [0.29, 0.717) is 24.8 Å². The lowest BCUT2D eigenvalue weighted by Gasteiger charge is -2.29. The molecule has 1 fully saturated rings. The number of benzene rings is 1. The summed E-state index contributed by atoms with van der Waals surface area (Å²) < 4.78 is 13.0. The van der Waals surface area contributed by atoms with Crippen molar-refractivity contribution in [2.45, 2.75) is 51.1 Å². The first-order chi connectivity index (χ1) is 12.8. The molecule has 0 saturated heterocycles. The van der Waals surface area contributed by atoms with Crippen molar-refractivity contribution in [1.82, 2.24) is 10.6 Å². The maximum absolute atomic E-state index is 13.0. The Labute approximate surface area is 156 Å². The van der Waals surface area contributed by atoms with Gasteiger partial charge in [-0.05, 0) is 36.5 Å². The highest BCUT2D eigenvalue weighted by atomic mass is 19.1. The smallest absolute Gasteiger partial charge is 0.326 e. The van der Waals surface area contributed by atoms with E-state index in [1.165, 1.54) is 31.2 Å². The third-order valence-electron chi connectivity index (χ3n) is 4.60. The van der Waals surface area contributed by atoms with E-state index in [0.717, 1.165) is 0 Å². The highest BCUT2D eigenvalue weighted by Crippen LogP contribution is 2.24. The summed E-state index contributed by atoms with van der Waals surface area (Å²) in [7, 11) is 0. The molecule has 0 heterocycles. The minimum Gasteiger partial charge on any atom is -0.480 e. The molecule has 1 aromatic carbocycles. The summed E-state index contributed by atoms with van der Waals surface area (Å²) in [5.41, 5.74) is 0.616. The molecule has 3 atom stereocenters. The number of halogens is 1. The van der Waals surface area contributed by atoms with E-state index in [2.05, 4.69) is 10.6 Å². The largest absolute Gasteiger partial charge is 0.480 e. The molecule has 8 heteroatoms. The van der Waals surface area contributed by atoms with Gasteiger partial charge in [-0.1, -0.05) is 12.1 Å². The normalized spacial score (nSPS) is 19.0. The Morgan fingerprint density at radius 1 is 1.22 bits per heavy atom. The molecule has 0 aliphatic heterocycles. The number of Topliss-reactive ketones (excluding diaryl/α,β-unsaturated/α-hetero) is 1. The highest BCUT2D eigenvalue weighted by Gasteiger charge is 2.35. The molecule has 27 heavy (non-hydrogen) atoms. The number of hydrogen-bond donors (Lipinski definition) is 3. The molecule has 146 valence electrons. The molecule has 0 spiro atoms. The summed E-state index contributed by atoms with van der Waals surface area (Å²) in [5.74, 6) is -3.23. The summed E-state index contributed by atoms with van der Waals surface area (Å²) in [4.78, 5) is 47.4. The number of aliphatic carboxylic acids is 1. The van der Waals surface area contributed by atoms with E-state index in [9.17, 15) is 28.7 Å². The SMILES string of the molecule is CC(=O)N[C@@H](Cc1ccc(F)cc1)C(=O)N[C@@H](C(=O)O)[C@H]1CCCC(=O)C1. The van der Waals surface area contributed by atoms with Crippen LogP contribution in [0.15, 0.2) is 24.3 Å². The van der Waals surface area contributed by atoms with Crippen LogP contribution < -0.4 is 10.6 Å². The number of carboxylic acids is 1. The van der Waals surface area contributed by atoms with Crippen molar-refractivity contribution < 1.29 is 28.7 Å². The predicted octanol–water partition coefficient (Wildman–Crippen LogP) is 1.20. The van der Waals surface area contributed by atoms with Crippen LogP contribution in [0.25, 0.3) is 0 Å². The molecule has 0 unspecified atom stereocenters. The van der Waals surface area contributed by atoms with Crippen LogP contribution in [-0.2, 0) is 25.6 Å². The fourth-order valence-corrected chi connectivity index (χ4v) is 3.29. The van der Waals surface area contributed by atoms with Crippen molar-refractivity contribution in [3.63, 3.8) is 0 Å². The monoisotopic (exact) mass is 378 g/mol. The number of carbonyl (C=O) groups is 4. The Bertz CT molecular complexity index is 719. The number of ketones is 1. The van der Waals surface area contributed by atoms with E-state index in [4.69, 9.17) is 0 Å². The quantitative estimate of drug-likeness (QED) is 0.660. The minimum absolute atomic E-state index is 0.0172. The number of nitrogens with one attached hydrogen (secondary N) is 2. The van der Waals surface area contributed by atoms with Gasteiger partial charge in [0.25, 0.3) is 0 Å². The zero-order chi connectivity index (χ0) is 20.0. The summed E-state index contributed by atoms with van der Waals surface area (Å²) in [6.45, 7) is 1.25. The molecule has 7 nitrogen and oxygen atoms in total. The highest BCUT2D eigenvalue weighted by molar-refractivity contribution is 5.90. The standard InChI is InChI=1S/C19H23FN2O5/c1-11(23)21-16(9-12-5-7-14(20)8-6-12)18(25)22-17(19(26)27)13-3-2-4-15(24)10-13/h5-8,13,16-17H,2-4,9-10H2,1H3,(H,21,23)(H,22,25)(H,26,27)/t13-,16-,17+/m0/s1. The number of carbonyl (C=O) groups excluding carboxylic acids is 3. The van der Waals surface area contributed by atoms with Crippen LogP contribution in [0.3, 0.4) is 0 Å². The first kappa shape index (κ1) is 20.5. The van der Waals surface area contributed by atoms with Gasteiger partial charge in [-0.15, -0.1) is 0 Å². The summed E-state index contributed by atoms with van der Waals surface area (Å²) >= 11 is 0. The van der Waals surface area contributed by atoms with Gasteiger partial charge in [0.15, 0.2) is 0 Å². The average Bonchev–Trinajstić information content (AvgIpc) is 2.60. The van der Waals surface area contributed by atoms with Gasteiger partial charge < -0.3 is 15.7 Å². The van der Waals surface area contributed by atoms with Gasteiger partial charge in [0, 0.05) is 26.2 Å². The Balaban J connectivity index is 2.12. The zero-order valence-corrected chi connectivity index (χ0v) is 15.0. The van der Waals surface area contributed by atoms with Crippen molar-refractivity contribution in [3.05, 3.63) is 35.6 Å². The lowest BCUT2D eigenvalue weighted by molar-refractivity contribution is -0.144. The van der Waals surface area contributed by atoms with E-state index in [1.807, 2.05) is 0 Å². The molecule has 0 bridgehead atoms. The molecule has 3 N–H and O–H groups in total. The van der Waals surface area contributed by atoms with Gasteiger partial charge in [0.05, 0.1) is 0 Å². The van der Waals surface area contributed by atoms with Crippen molar-refractivity contribution in [1.29, 1.82) is 0 Å². The van der Waals surface area contributed by atoms with E-state index < -0.39 is 41.6 Å². The minimum atomic E-state index is -1.22. The molecule has 0 radical (unpaired) electrons. The van der Waals surface area contributed by atoms with Crippen LogP contribution in [0.1, 0.15) is 38.2 Å². The topological polar surface area (TPSA) is 113 Å². The molecular formula is C19H23FN2O5. The number of amides is 2. The van der Waals surface area contributed by atoms with Crippen molar-refractivity contribution >= 4 is 23.6 Å². The van der Waals surface area contributed by atoms with Crippen LogP contribution in [0.5, 0.6) is 0 Å². The summed E-state index contributed by atoms with van der Waals surface area (Å²) in [6.07, 6.45) is 1.75. The lowest BCUT2D eigenvalue weighted by atomic mass is 9.83. The Hall–Kier alpha value is -2.77.